The Hall–Kier alpha value is -1.51. The first-order valence-corrected chi connectivity index (χ1v) is 4.63. The van der Waals surface area contributed by atoms with E-state index in [0.717, 1.165) is 12.2 Å². The minimum atomic E-state index is -0.147. The van der Waals surface area contributed by atoms with Crippen molar-refractivity contribution in [1.82, 2.24) is 0 Å². The van der Waals surface area contributed by atoms with Gasteiger partial charge in [-0.05, 0) is 24.6 Å². The lowest BCUT2D eigenvalue weighted by atomic mass is 10.2. The second-order valence-electron chi connectivity index (χ2n) is 3.53. The number of methoxy groups -OCH3 is 1. The van der Waals surface area contributed by atoms with Gasteiger partial charge in [0.05, 0.1) is 13.7 Å². The molecule has 1 heterocycles. The lowest BCUT2D eigenvalue weighted by molar-refractivity contribution is -0.139. The van der Waals surface area contributed by atoms with E-state index in [-0.39, 0.29) is 12.0 Å². The van der Waals surface area contributed by atoms with Crippen molar-refractivity contribution in [3.05, 3.63) is 29.8 Å². The van der Waals surface area contributed by atoms with Crippen molar-refractivity contribution in [3.63, 3.8) is 0 Å². The molecule has 0 aliphatic carbocycles. The molecule has 0 radical (unpaired) electrons. The number of carbonyl (C=O) groups excluding carboxylic acids is 1. The monoisotopic (exact) mass is 191 g/mol. The number of carbonyl (C=O) groups is 1. The third-order valence-electron chi connectivity index (χ3n) is 2.42. The number of nitrogens with zero attached hydrogens (tertiary/aromatic N) is 1. The largest absolute Gasteiger partial charge is 0.467 e. The van der Waals surface area contributed by atoms with Crippen molar-refractivity contribution in [2.45, 2.75) is 13.0 Å². The molecule has 3 heteroatoms. The third-order valence-corrected chi connectivity index (χ3v) is 2.42. The van der Waals surface area contributed by atoms with Crippen LogP contribution in [0.2, 0.25) is 0 Å². The number of anilines is 1. The summed E-state index contributed by atoms with van der Waals surface area (Å²) < 4.78 is 4.68. The van der Waals surface area contributed by atoms with Crippen LogP contribution >= 0.6 is 0 Å². The second kappa shape index (κ2) is 3.33. The standard InChI is InChI=1S/C11H13NO2/c1-8-4-3-5-9(6-8)12-7-10(12)11(13)14-2/h3-6,10H,7H2,1-2H3/t10-,12?/m1/s1. The number of aryl methyl sites for hydroxylation is 1. The van der Waals surface area contributed by atoms with E-state index in [1.807, 2.05) is 30.0 Å². The number of rotatable bonds is 2. The zero-order chi connectivity index (χ0) is 10.1. The molecule has 0 aromatic heterocycles. The van der Waals surface area contributed by atoms with E-state index in [1.165, 1.54) is 12.7 Å². The van der Waals surface area contributed by atoms with Gasteiger partial charge in [0.1, 0.15) is 6.04 Å². The lowest BCUT2D eigenvalue weighted by Crippen LogP contribution is -2.13. The van der Waals surface area contributed by atoms with Gasteiger partial charge < -0.3 is 9.64 Å². The van der Waals surface area contributed by atoms with Gasteiger partial charge in [-0.15, -0.1) is 0 Å². The highest BCUT2D eigenvalue weighted by atomic mass is 16.5. The Morgan fingerprint density at radius 1 is 1.57 bits per heavy atom. The fraction of sp³-hybridized carbons (Fsp3) is 0.364. The molecule has 3 nitrogen and oxygen atoms in total. The van der Waals surface area contributed by atoms with Crippen molar-refractivity contribution in [2.75, 3.05) is 18.6 Å². The van der Waals surface area contributed by atoms with Gasteiger partial charge in [0, 0.05) is 5.69 Å². The molecule has 2 rings (SSSR count). The molecule has 0 unspecified atom stereocenters. The summed E-state index contributed by atoms with van der Waals surface area (Å²) in [6, 6.07) is 8.05. The van der Waals surface area contributed by atoms with E-state index in [1.54, 1.807) is 0 Å². The van der Waals surface area contributed by atoms with Crippen LogP contribution < -0.4 is 4.90 Å². The molecule has 1 saturated heterocycles. The van der Waals surface area contributed by atoms with Crippen LogP contribution in [-0.2, 0) is 9.53 Å². The van der Waals surface area contributed by atoms with Gasteiger partial charge >= 0.3 is 5.97 Å². The highest BCUT2D eigenvalue weighted by molar-refractivity contribution is 5.86. The Kier molecular flexibility index (Phi) is 2.15. The molecule has 1 aliphatic heterocycles. The van der Waals surface area contributed by atoms with Gasteiger partial charge in [-0.2, -0.15) is 0 Å². The topological polar surface area (TPSA) is 29.3 Å². The van der Waals surface area contributed by atoms with Crippen LogP contribution in [0.4, 0.5) is 5.69 Å². The highest BCUT2D eigenvalue weighted by Crippen LogP contribution is 2.28. The number of ether oxygens (including phenoxy) is 1. The predicted molar refractivity (Wildman–Crippen MR) is 54.3 cm³/mol. The fourth-order valence-corrected chi connectivity index (χ4v) is 1.57. The maximum Gasteiger partial charge on any atom is 0.330 e. The second-order valence-corrected chi connectivity index (χ2v) is 3.53. The first-order chi connectivity index (χ1) is 6.72. The molecular formula is C11H13NO2. The molecule has 1 aromatic rings. The maximum absolute atomic E-state index is 11.2. The van der Waals surface area contributed by atoms with E-state index in [0.29, 0.717) is 0 Å². The van der Waals surface area contributed by atoms with Crippen LogP contribution in [0.25, 0.3) is 0 Å². The molecule has 1 atom stereocenters. The Bertz CT molecular complexity index is 362. The first kappa shape index (κ1) is 9.06. The zero-order valence-electron chi connectivity index (χ0n) is 8.36. The van der Waals surface area contributed by atoms with Gasteiger partial charge in [-0.25, -0.2) is 4.79 Å². The van der Waals surface area contributed by atoms with Crippen molar-refractivity contribution in [2.24, 2.45) is 0 Å². The molecule has 74 valence electrons. The summed E-state index contributed by atoms with van der Waals surface area (Å²) in [5, 5.41) is 0. The van der Waals surface area contributed by atoms with E-state index >= 15 is 0 Å². The van der Waals surface area contributed by atoms with Crippen LogP contribution in [-0.4, -0.2) is 25.7 Å². The van der Waals surface area contributed by atoms with Crippen molar-refractivity contribution in [3.8, 4) is 0 Å². The molecule has 0 saturated carbocycles. The molecule has 0 amide bonds. The SMILES string of the molecule is COC(=O)[C@H]1CN1c1cccc(C)c1. The number of benzene rings is 1. The smallest absolute Gasteiger partial charge is 0.330 e. The average molecular weight is 191 g/mol. The molecular weight excluding hydrogens is 178 g/mol. The lowest BCUT2D eigenvalue weighted by Gasteiger charge is -2.05. The zero-order valence-corrected chi connectivity index (χ0v) is 8.36. The summed E-state index contributed by atoms with van der Waals surface area (Å²) in [7, 11) is 1.43. The molecule has 0 spiro atoms. The molecule has 0 bridgehead atoms. The van der Waals surface area contributed by atoms with Gasteiger partial charge in [-0.3, -0.25) is 0 Å². The summed E-state index contributed by atoms with van der Waals surface area (Å²) in [6.07, 6.45) is 0. The summed E-state index contributed by atoms with van der Waals surface area (Å²) in [4.78, 5) is 13.2. The van der Waals surface area contributed by atoms with Crippen LogP contribution in [0.1, 0.15) is 5.56 Å². The molecule has 1 aliphatic rings. The van der Waals surface area contributed by atoms with Gasteiger partial charge in [0.2, 0.25) is 0 Å². The third kappa shape index (κ3) is 1.58. The normalized spacial score (nSPS) is 19.3. The minimum Gasteiger partial charge on any atom is -0.467 e. The van der Waals surface area contributed by atoms with E-state index in [4.69, 9.17) is 0 Å². The predicted octanol–water partition coefficient (Wildman–Crippen LogP) is 1.36. The highest BCUT2D eigenvalue weighted by Gasteiger charge is 2.41. The van der Waals surface area contributed by atoms with Crippen LogP contribution in [0.15, 0.2) is 24.3 Å². The Balaban J connectivity index is 2.09. The summed E-state index contributed by atoms with van der Waals surface area (Å²) in [6.45, 7) is 2.82. The van der Waals surface area contributed by atoms with Crippen LogP contribution in [0.5, 0.6) is 0 Å². The van der Waals surface area contributed by atoms with Gasteiger partial charge in [-0.1, -0.05) is 12.1 Å². The minimum absolute atomic E-state index is 0.0678. The first-order valence-electron chi connectivity index (χ1n) is 4.63. The van der Waals surface area contributed by atoms with Gasteiger partial charge in [0.15, 0.2) is 0 Å². The van der Waals surface area contributed by atoms with Crippen molar-refractivity contribution < 1.29 is 9.53 Å². The quantitative estimate of drug-likeness (QED) is 0.522. The number of esters is 1. The van der Waals surface area contributed by atoms with Crippen molar-refractivity contribution >= 4 is 11.7 Å². The Morgan fingerprint density at radius 3 is 3.00 bits per heavy atom. The maximum atomic E-state index is 11.2. The van der Waals surface area contributed by atoms with Crippen molar-refractivity contribution in [1.29, 1.82) is 0 Å². The molecule has 1 aromatic carbocycles. The van der Waals surface area contributed by atoms with Crippen LogP contribution in [0, 0.1) is 6.92 Å². The van der Waals surface area contributed by atoms with Gasteiger partial charge in [0.25, 0.3) is 0 Å². The Labute approximate surface area is 83.3 Å². The average Bonchev–Trinajstić information content (AvgIpc) is 2.96. The van der Waals surface area contributed by atoms with Crippen LogP contribution in [0.3, 0.4) is 0 Å². The van der Waals surface area contributed by atoms with E-state index in [2.05, 4.69) is 10.8 Å². The Morgan fingerprint density at radius 2 is 2.36 bits per heavy atom. The number of hydrogen-bond acceptors (Lipinski definition) is 3. The number of hydrogen-bond donors (Lipinski definition) is 0. The molecule has 1 fully saturated rings. The summed E-state index contributed by atoms with van der Waals surface area (Å²) >= 11 is 0. The summed E-state index contributed by atoms with van der Waals surface area (Å²) in [5.41, 5.74) is 2.30. The van der Waals surface area contributed by atoms with E-state index in [9.17, 15) is 4.79 Å². The van der Waals surface area contributed by atoms with E-state index < -0.39 is 0 Å². The molecule has 14 heavy (non-hydrogen) atoms. The summed E-state index contributed by atoms with van der Waals surface area (Å²) in [5.74, 6) is -0.147. The molecule has 0 N–H and O–H groups in total. The fourth-order valence-electron chi connectivity index (χ4n) is 1.57.